The molecule has 1 aromatic heterocycles. The topological polar surface area (TPSA) is 55.0 Å². The van der Waals surface area contributed by atoms with Gasteiger partial charge in [0.15, 0.2) is 5.78 Å². The highest BCUT2D eigenvalue weighted by Crippen LogP contribution is 2.21. The molecule has 0 saturated carbocycles. The molecule has 2 aromatic carbocycles. The number of allylic oxidation sites excluding steroid dienone is 1. The number of carbonyl (C=O) groups excluding carboxylic acids is 1. The first-order valence-corrected chi connectivity index (χ1v) is 6.86. The lowest BCUT2D eigenvalue weighted by Gasteiger charge is -2.05. The summed E-state index contributed by atoms with van der Waals surface area (Å²) in [6.07, 6.45) is 6.49. The minimum Gasteiger partial charge on any atom is -0.457 e. The van der Waals surface area contributed by atoms with E-state index in [0.29, 0.717) is 17.1 Å². The quantitative estimate of drug-likeness (QED) is 0.568. The molecule has 0 amide bonds. The van der Waals surface area contributed by atoms with E-state index in [1.165, 1.54) is 6.08 Å². The Morgan fingerprint density at radius 3 is 2.41 bits per heavy atom. The Kier molecular flexibility index (Phi) is 4.11. The predicted octanol–water partition coefficient (Wildman–Crippen LogP) is 4.10. The first-order valence-electron chi connectivity index (χ1n) is 6.86. The number of para-hydroxylation sites is 1. The van der Waals surface area contributed by atoms with E-state index in [9.17, 15) is 4.79 Å². The minimum atomic E-state index is -0.0809. The fourth-order valence-electron chi connectivity index (χ4n) is 1.93. The molecule has 0 unspecified atom stereocenters. The summed E-state index contributed by atoms with van der Waals surface area (Å²) in [5.41, 5.74) is 0.600. The third kappa shape index (κ3) is 3.49. The smallest absolute Gasteiger partial charge is 0.185 e. The van der Waals surface area contributed by atoms with Gasteiger partial charge in [-0.2, -0.15) is 0 Å². The number of rotatable bonds is 5. The van der Waals surface area contributed by atoms with Gasteiger partial charge in [-0.15, -0.1) is 0 Å². The number of aromatic amines is 1. The van der Waals surface area contributed by atoms with Crippen LogP contribution in [-0.4, -0.2) is 15.8 Å². The average Bonchev–Trinajstić information content (AvgIpc) is 3.08. The SMILES string of the molecule is O=C(/C=C/c1ncc[nH]1)c1ccc(Oc2ccccc2)cc1. The zero-order valence-electron chi connectivity index (χ0n) is 11.8. The van der Waals surface area contributed by atoms with Crippen LogP contribution in [-0.2, 0) is 0 Å². The Hall–Kier alpha value is -3.14. The Labute approximate surface area is 128 Å². The van der Waals surface area contributed by atoms with Crippen LogP contribution in [0.5, 0.6) is 11.5 Å². The molecule has 0 fully saturated rings. The highest BCUT2D eigenvalue weighted by Gasteiger charge is 2.03. The number of carbonyl (C=O) groups is 1. The summed E-state index contributed by atoms with van der Waals surface area (Å²) in [6, 6.07) is 16.6. The van der Waals surface area contributed by atoms with Crippen LogP contribution in [0.4, 0.5) is 0 Å². The van der Waals surface area contributed by atoms with E-state index in [-0.39, 0.29) is 5.78 Å². The van der Waals surface area contributed by atoms with Gasteiger partial charge in [0.2, 0.25) is 0 Å². The van der Waals surface area contributed by atoms with Gasteiger partial charge in [-0.25, -0.2) is 4.98 Å². The normalized spacial score (nSPS) is 10.7. The van der Waals surface area contributed by atoms with E-state index < -0.39 is 0 Å². The first-order chi connectivity index (χ1) is 10.8. The molecule has 3 rings (SSSR count). The number of imidazole rings is 1. The molecule has 0 aliphatic heterocycles. The molecule has 1 N–H and O–H groups in total. The van der Waals surface area contributed by atoms with E-state index in [4.69, 9.17) is 4.74 Å². The van der Waals surface area contributed by atoms with Gasteiger partial charge < -0.3 is 9.72 Å². The van der Waals surface area contributed by atoms with Crippen molar-refractivity contribution in [2.75, 3.05) is 0 Å². The molecule has 0 aliphatic carbocycles. The summed E-state index contributed by atoms with van der Waals surface area (Å²) in [5, 5.41) is 0. The summed E-state index contributed by atoms with van der Waals surface area (Å²) in [6.45, 7) is 0. The first kappa shape index (κ1) is 13.8. The molecule has 0 saturated heterocycles. The lowest BCUT2D eigenvalue weighted by molar-refractivity contribution is 0.104. The van der Waals surface area contributed by atoms with Crippen molar-refractivity contribution >= 4 is 11.9 Å². The highest BCUT2D eigenvalue weighted by atomic mass is 16.5. The second-order valence-electron chi connectivity index (χ2n) is 4.61. The number of H-pyrrole nitrogens is 1. The molecule has 4 heteroatoms. The average molecular weight is 290 g/mol. The number of nitrogens with zero attached hydrogens (tertiary/aromatic N) is 1. The molecule has 0 atom stereocenters. The van der Waals surface area contributed by atoms with Gasteiger partial charge in [0, 0.05) is 18.0 Å². The number of ether oxygens (including phenoxy) is 1. The van der Waals surface area contributed by atoms with Crippen molar-refractivity contribution in [2.24, 2.45) is 0 Å². The minimum absolute atomic E-state index is 0.0809. The Morgan fingerprint density at radius 2 is 1.73 bits per heavy atom. The van der Waals surface area contributed by atoms with Crippen molar-refractivity contribution < 1.29 is 9.53 Å². The van der Waals surface area contributed by atoms with Crippen molar-refractivity contribution in [3.63, 3.8) is 0 Å². The maximum atomic E-state index is 12.0. The van der Waals surface area contributed by atoms with Crippen LogP contribution in [0, 0.1) is 0 Å². The van der Waals surface area contributed by atoms with Gasteiger partial charge in [0.05, 0.1) is 0 Å². The van der Waals surface area contributed by atoms with Crippen LogP contribution in [0.3, 0.4) is 0 Å². The summed E-state index contributed by atoms with van der Waals surface area (Å²) in [4.78, 5) is 19.0. The molecule has 22 heavy (non-hydrogen) atoms. The van der Waals surface area contributed by atoms with Crippen LogP contribution < -0.4 is 4.74 Å². The molecule has 1 heterocycles. The van der Waals surface area contributed by atoms with Gasteiger partial charge in [-0.3, -0.25) is 4.79 Å². The number of hydrogen-bond donors (Lipinski definition) is 1. The number of hydrogen-bond acceptors (Lipinski definition) is 3. The molecule has 0 bridgehead atoms. The van der Waals surface area contributed by atoms with E-state index in [2.05, 4.69) is 9.97 Å². The van der Waals surface area contributed by atoms with Gasteiger partial charge in [-0.05, 0) is 48.6 Å². The largest absolute Gasteiger partial charge is 0.457 e. The van der Waals surface area contributed by atoms with Crippen LogP contribution in [0.2, 0.25) is 0 Å². The lowest BCUT2D eigenvalue weighted by Crippen LogP contribution is -1.94. The van der Waals surface area contributed by atoms with Crippen LogP contribution in [0.25, 0.3) is 6.08 Å². The zero-order valence-corrected chi connectivity index (χ0v) is 11.8. The predicted molar refractivity (Wildman–Crippen MR) is 84.9 cm³/mol. The van der Waals surface area contributed by atoms with Crippen molar-refractivity contribution in [3.8, 4) is 11.5 Å². The number of nitrogens with one attached hydrogen (secondary N) is 1. The van der Waals surface area contributed by atoms with E-state index in [1.807, 2.05) is 30.3 Å². The molecule has 3 aromatic rings. The van der Waals surface area contributed by atoms with Crippen molar-refractivity contribution in [3.05, 3.63) is 84.5 Å². The Bertz CT molecular complexity index is 761. The van der Waals surface area contributed by atoms with Gasteiger partial charge in [0.1, 0.15) is 17.3 Å². The maximum absolute atomic E-state index is 12.0. The van der Waals surface area contributed by atoms with Crippen molar-refractivity contribution in [1.29, 1.82) is 0 Å². The van der Waals surface area contributed by atoms with Gasteiger partial charge in [-0.1, -0.05) is 18.2 Å². The third-order valence-electron chi connectivity index (χ3n) is 3.03. The van der Waals surface area contributed by atoms with E-state index in [0.717, 1.165) is 5.75 Å². The van der Waals surface area contributed by atoms with Crippen molar-refractivity contribution in [2.45, 2.75) is 0 Å². The monoisotopic (exact) mass is 290 g/mol. The Balaban J connectivity index is 1.67. The number of ketones is 1. The second kappa shape index (κ2) is 6.54. The fraction of sp³-hybridized carbons (Fsp3) is 0. The summed E-state index contributed by atoms with van der Waals surface area (Å²) >= 11 is 0. The Morgan fingerprint density at radius 1 is 1.00 bits per heavy atom. The summed E-state index contributed by atoms with van der Waals surface area (Å²) in [7, 11) is 0. The molecular formula is C18H14N2O2. The third-order valence-corrected chi connectivity index (χ3v) is 3.03. The van der Waals surface area contributed by atoms with Crippen LogP contribution >= 0.6 is 0 Å². The molecule has 0 radical (unpaired) electrons. The number of aromatic nitrogens is 2. The highest BCUT2D eigenvalue weighted by molar-refractivity contribution is 6.06. The lowest BCUT2D eigenvalue weighted by atomic mass is 10.1. The molecule has 0 aliphatic rings. The standard InChI is InChI=1S/C18H14N2O2/c21-17(10-11-18-19-12-13-20-18)14-6-8-16(9-7-14)22-15-4-2-1-3-5-15/h1-13H,(H,19,20)/b11-10+. The zero-order chi connectivity index (χ0) is 15.2. The molecule has 0 spiro atoms. The van der Waals surface area contributed by atoms with Crippen LogP contribution in [0.15, 0.2) is 73.1 Å². The molecular weight excluding hydrogens is 276 g/mol. The van der Waals surface area contributed by atoms with Crippen molar-refractivity contribution in [1.82, 2.24) is 9.97 Å². The molecule has 108 valence electrons. The maximum Gasteiger partial charge on any atom is 0.185 e. The fourth-order valence-corrected chi connectivity index (χ4v) is 1.93. The van der Waals surface area contributed by atoms with E-state index >= 15 is 0 Å². The summed E-state index contributed by atoms with van der Waals surface area (Å²) in [5.74, 6) is 2.03. The van der Waals surface area contributed by atoms with Gasteiger partial charge >= 0.3 is 0 Å². The number of benzene rings is 2. The second-order valence-corrected chi connectivity index (χ2v) is 4.61. The summed E-state index contributed by atoms with van der Waals surface area (Å²) < 4.78 is 5.69. The van der Waals surface area contributed by atoms with Crippen LogP contribution in [0.1, 0.15) is 16.2 Å². The molecule has 4 nitrogen and oxygen atoms in total. The van der Waals surface area contributed by atoms with E-state index in [1.54, 1.807) is 42.7 Å². The van der Waals surface area contributed by atoms with Gasteiger partial charge in [0.25, 0.3) is 0 Å².